The van der Waals surface area contributed by atoms with Crippen LogP contribution in [0.2, 0.25) is 0 Å². The molecule has 0 unspecified atom stereocenters. The number of rotatable bonds is 8. The van der Waals surface area contributed by atoms with Gasteiger partial charge in [0.05, 0.1) is 31.3 Å². The first-order valence-electron chi connectivity index (χ1n) is 9.65. The molecule has 0 bridgehead atoms. The normalized spacial score (nSPS) is 11.1. The Labute approximate surface area is 183 Å². The molecule has 0 saturated heterocycles. The van der Waals surface area contributed by atoms with E-state index < -0.39 is 11.7 Å². The van der Waals surface area contributed by atoms with Gasteiger partial charge in [-0.2, -0.15) is 8.78 Å². The Morgan fingerprint density at radius 3 is 2.50 bits per heavy atom. The number of methoxy groups -OCH3 is 1. The Balaban J connectivity index is 2.05. The summed E-state index contributed by atoms with van der Waals surface area (Å²) in [4.78, 5) is 27.6. The lowest BCUT2D eigenvalue weighted by molar-refractivity contribution is -0.114. The Morgan fingerprint density at radius 1 is 1.12 bits per heavy atom. The minimum Gasteiger partial charge on any atom is -0.490 e. The van der Waals surface area contributed by atoms with E-state index in [1.165, 1.54) is 38.6 Å². The molecule has 9 nitrogen and oxygen atoms in total. The topological polar surface area (TPSA) is 111 Å². The first-order valence-corrected chi connectivity index (χ1v) is 9.65. The van der Waals surface area contributed by atoms with Crippen LogP contribution in [0.1, 0.15) is 26.6 Å². The van der Waals surface area contributed by atoms with Crippen molar-refractivity contribution >= 4 is 23.2 Å². The molecule has 3 aromatic rings. The van der Waals surface area contributed by atoms with E-state index in [4.69, 9.17) is 9.47 Å². The maximum atomic E-state index is 14.1. The average molecular weight is 444 g/mol. The fourth-order valence-electron chi connectivity index (χ4n) is 2.71. The van der Waals surface area contributed by atoms with Crippen LogP contribution >= 0.6 is 0 Å². The highest BCUT2D eigenvalue weighted by molar-refractivity contribution is 5.88. The molecule has 1 amide bonds. The number of halogens is 2. The maximum Gasteiger partial charge on any atom is 0.303 e. The first kappa shape index (κ1) is 22.8. The van der Waals surface area contributed by atoms with E-state index in [9.17, 15) is 13.6 Å². The van der Waals surface area contributed by atoms with E-state index in [1.807, 2.05) is 0 Å². The highest BCUT2D eigenvalue weighted by Crippen LogP contribution is 2.32. The van der Waals surface area contributed by atoms with Crippen LogP contribution in [-0.2, 0) is 10.7 Å². The second kappa shape index (κ2) is 9.50. The number of nitrogens with one attached hydrogen (secondary N) is 2. The molecule has 0 fully saturated rings. The summed E-state index contributed by atoms with van der Waals surface area (Å²) in [6, 6.07) is 6.28. The molecule has 3 aromatic heterocycles. The van der Waals surface area contributed by atoms with Crippen molar-refractivity contribution in [2.75, 3.05) is 24.4 Å². The zero-order chi connectivity index (χ0) is 23.3. The summed E-state index contributed by atoms with van der Waals surface area (Å²) in [5, 5.41) is 5.54. The van der Waals surface area contributed by atoms with Gasteiger partial charge in [-0.25, -0.2) is 19.9 Å². The molecule has 0 aromatic carbocycles. The van der Waals surface area contributed by atoms with Gasteiger partial charge in [-0.15, -0.1) is 0 Å². The third-order valence-electron chi connectivity index (χ3n) is 4.09. The van der Waals surface area contributed by atoms with Gasteiger partial charge in [0.25, 0.3) is 0 Å². The zero-order valence-electron chi connectivity index (χ0n) is 17.9. The molecular weight excluding hydrogens is 422 g/mol. The number of hydrogen-bond acceptors (Lipinski definition) is 8. The first-order chi connectivity index (χ1) is 15.2. The predicted molar refractivity (Wildman–Crippen MR) is 114 cm³/mol. The number of pyridine rings is 2. The Morgan fingerprint density at radius 2 is 1.91 bits per heavy atom. The molecule has 3 heterocycles. The van der Waals surface area contributed by atoms with Crippen molar-refractivity contribution in [2.24, 2.45) is 0 Å². The van der Waals surface area contributed by atoms with Crippen molar-refractivity contribution in [2.45, 2.75) is 26.7 Å². The summed E-state index contributed by atoms with van der Waals surface area (Å²) in [6.45, 7) is 4.21. The number of amides is 1. The van der Waals surface area contributed by atoms with Gasteiger partial charge < -0.3 is 20.1 Å². The van der Waals surface area contributed by atoms with Crippen LogP contribution in [0.3, 0.4) is 0 Å². The Kier molecular flexibility index (Phi) is 6.76. The molecule has 0 saturated carbocycles. The highest BCUT2D eigenvalue weighted by atomic mass is 19.3. The molecular formula is C21H22F2N6O3. The SMILES string of the molecule is CCOc1cnc(NC(C)=O)cc1Nc1cc(-c2ccc(OC)nc2)nc(C(C)(F)F)n1. The fourth-order valence-corrected chi connectivity index (χ4v) is 2.71. The van der Waals surface area contributed by atoms with Gasteiger partial charge in [0, 0.05) is 43.8 Å². The van der Waals surface area contributed by atoms with Crippen LogP contribution in [0.25, 0.3) is 11.3 Å². The number of carbonyl (C=O) groups excluding carboxylic acids is 1. The molecule has 11 heteroatoms. The molecule has 3 rings (SSSR count). The van der Waals surface area contributed by atoms with E-state index >= 15 is 0 Å². The second-order valence-corrected chi connectivity index (χ2v) is 6.74. The van der Waals surface area contributed by atoms with Gasteiger partial charge in [0.1, 0.15) is 11.6 Å². The molecule has 168 valence electrons. The van der Waals surface area contributed by atoms with Crippen LogP contribution in [-0.4, -0.2) is 39.6 Å². The maximum absolute atomic E-state index is 14.1. The summed E-state index contributed by atoms with van der Waals surface area (Å²) in [5.41, 5.74) is 1.12. The smallest absolute Gasteiger partial charge is 0.303 e. The quantitative estimate of drug-likeness (QED) is 0.533. The minimum absolute atomic E-state index is 0.100. The fraction of sp³-hybridized carbons (Fsp3) is 0.286. The van der Waals surface area contributed by atoms with Crippen LogP contribution in [0, 0.1) is 0 Å². The number of aromatic nitrogens is 4. The van der Waals surface area contributed by atoms with Crippen molar-refractivity contribution in [3.8, 4) is 22.9 Å². The summed E-state index contributed by atoms with van der Waals surface area (Å²) < 4.78 is 38.8. The highest BCUT2D eigenvalue weighted by Gasteiger charge is 2.29. The number of nitrogens with zero attached hydrogens (tertiary/aromatic N) is 4. The second-order valence-electron chi connectivity index (χ2n) is 6.74. The van der Waals surface area contributed by atoms with Gasteiger partial charge in [0.15, 0.2) is 5.75 Å². The van der Waals surface area contributed by atoms with Gasteiger partial charge in [-0.05, 0) is 13.0 Å². The summed E-state index contributed by atoms with van der Waals surface area (Å²) >= 11 is 0. The average Bonchev–Trinajstić information content (AvgIpc) is 2.74. The Hall–Kier alpha value is -3.89. The van der Waals surface area contributed by atoms with E-state index in [0.29, 0.717) is 29.5 Å². The van der Waals surface area contributed by atoms with Crippen molar-refractivity contribution in [1.29, 1.82) is 0 Å². The summed E-state index contributed by atoms with van der Waals surface area (Å²) in [5.74, 6) is -3.15. The molecule has 0 aliphatic heterocycles. The van der Waals surface area contributed by atoms with Crippen LogP contribution < -0.4 is 20.1 Å². The third kappa shape index (κ3) is 5.62. The molecule has 0 radical (unpaired) electrons. The van der Waals surface area contributed by atoms with Crippen molar-refractivity contribution in [1.82, 2.24) is 19.9 Å². The van der Waals surface area contributed by atoms with Crippen LogP contribution in [0.15, 0.2) is 36.7 Å². The molecule has 0 aliphatic rings. The number of hydrogen-bond donors (Lipinski definition) is 2. The lowest BCUT2D eigenvalue weighted by atomic mass is 10.2. The molecule has 32 heavy (non-hydrogen) atoms. The van der Waals surface area contributed by atoms with E-state index in [2.05, 4.69) is 30.6 Å². The third-order valence-corrected chi connectivity index (χ3v) is 4.09. The number of carbonyl (C=O) groups is 1. The Bertz CT molecular complexity index is 1100. The zero-order valence-corrected chi connectivity index (χ0v) is 17.9. The standard InChI is InChI=1S/C21H22F2N6O3/c1-5-32-16-11-24-17(26-12(2)30)9-15(16)27-18-8-14(28-20(29-18)21(3,22)23)13-6-7-19(31-4)25-10-13/h6-11H,5H2,1-4H3,(H2,24,26,27,28,29,30). The number of anilines is 3. The summed E-state index contributed by atoms with van der Waals surface area (Å²) in [7, 11) is 1.48. The van der Waals surface area contributed by atoms with E-state index in [0.717, 1.165) is 6.92 Å². The van der Waals surface area contributed by atoms with Crippen molar-refractivity contribution in [3.63, 3.8) is 0 Å². The monoisotopic (exact) mass is 444 g/mol. The largest absolute Gasteiger partial charge is 0.490 e. The predicted octanol–water partition coefficient (Wildman–Crippen LogP) is 4.15. The van der Waals surface area contributed by atoms with Crippen molar-refractivity contribution in [3.05, 3.63) is 42.5 Å². The van der Waals surface area contributed by atoms with Crippen molar-refractivity contribution < 1.29 is 23.0 Å². The molecule has 2 N–H and O–H groups in total. The number of alkyl halides is 2. The van der Waals surface area contributed by atoms with Gasteiger partial charge in [-0.1, -0.05) is 0 Å². The minimum atomic E-state index is -3.28. The molecule has 0 spiro atoms. The van der Waals surface area contributed by atoms with Crippen LogP contribution in [0.5, 0.6) is 11.6 Å². The number of ether oxygens (including phenoxy) is 2. The van der Waals surface area contributed by atoms with Gasteiger partial charge in [-0.3, -0.25) is 4.79 Å². The van der Waals surface area contributed by atoms with Gasteiger partial charge in [0.2, 0.25) is 17.6 Å². The summed E-state index contributed by atoms with van der Waals surface area (Å²) in [6.07, 6.45) is 2.89. The van der Waals surface area contributed by atoms with E-state index in [-0.39, 0.29) is 23.2 Å². The van der Waals surface area contributed by atoms with Gasteiger partial charge >= 0.3 is 5.92 Å². The molecule has 0 atom stereocenters. The van der Waals surface area contributed by atoms with E-state index in [1.54, 1.807) is 19.1 Å². The lowest BCUT2D eigenvalue weighted by Crippen LogP contribution is -2.14. The van der Waals surface area contributed by atoms with Crippen LogP contribution in [0.4, 0.5) is 26.1 Å². The molecule has 0 aliphatic carbocycles. The lowest BCUT2D eigenvalue weighted by Gasteiger charge is -2.16.